The van der Waals surface area contributed by atoms with Crippen LogP contribution in [0, 0.1) is 0 Å². The molecule has 0 aliphatic heterocycles. The van der Waals surface area contributed by atoms with Crippen LogP contribution in [0.2, 0.25) is 15.1 Å². The van der Waals surface area contributed by atoms with Crippen LogP contribution in [-0.2, 0) is 0 Å². The van der Waals surface area contributed by atoms with Crippen LogP contribution in [0.25, 0.3) is 22.0 Å². The molecule has 1 amide bonds. The fourth-order valence-electron chi connectivity index (χ4n) is 4.68. The van der Waals surface area contributed by atoms with Crippen LogP contribution in [0.1, 0.15) is 40.3 Å². The van der Waals surface area contributed by atoms with Gasteiger partial charge in [-0.05, 0) is 78.3 Å². The number of esters is 1. The minimum atomic E-state index is -0.635. The normalized spacial score (nSPS) is 11.2. The monoisotopic (exact) mass is 805 g/mol. The second kappa shape index (κ2) is 14.9. The minimum Gasteiger partial charge on any atom is -0.490 e. The van der Waals surface area contributed by atoms with Gasteiger partial charge in [0, 0.05) is 42.1 Å². The third-order valence-electron chi connectivity index (χ3n) is 6.57. The van der Waals surface area contributed by atoms with Crippen LogP contribution < -0.4 is 19.6 Å². The van der Waals surface area contributed by atoms with Crippen molar-refractivity contribution >= 4 is 95.7 Å². The van der Waals surface area contributed by atoms with E-state index in [-0.39, 0.29) is 17.0 Å². The van der Waals surface area contributed by atoms with E-state index in [4.69, 9.17) is 49.0 Å². The van der Waals surface area contributed by atoms with Gasteiger partial charge in [-0.15, -0.1) is 0 Å². The van der Waals surface area contributed by atoms with Crippen molar-refractivity contribution in [2.45, 2.75) is 13.8 Å². The maximum Gasteiger partial charge on any atom is 0.343 e. The summed E-state index contributed by atoms with van der Waals surface area (Å²) in [7, 11) is 0. The fourth-order valence-corrected chi connectivity index (χ4v) is 6.84. The minimum absolute atomic E-state index is 0.173. The first-order chi connectivity index (χ1) is 22.1. The first-order valence-corrected chi connectivity index (χ1v) is 16.5. The quantitative estimate of drug-likeness (QED) is 0.0633. The first kappa shape index (κ1) is 33.8. The van der Waals surface area contributed by atoms with Crippen molar-refractivity contribution in [2.75, 3.05) is 13.2 Å². The molecule has 0 radical (unpaired) electrons. The first-order valence-electron chi connectivity index (χ1n) is 13.8. The summed E-state index contributed by atoms with van der Waals surface area (Å²) in [5.41, 5.74) is 5.00. The molecule has 1 aromatic heterocycles. The van der Waals surface area contributed by atoms with Gasteiger partial charge in [-0.2, -0.15) is 5.10 Å². The lowest BCUT2D eigenvalue weighted by Crippen LogP contribution is -2.19. The second-order valence-electron chi connectivity index (χ2n) is 9.59. The predicted molar refractivity (Wildman–Crippen MR) is 189 cm³/mol. The Morgan fingerprint density at radius 2 is 1.65 bits per heavy atom. The van der Waals surface area contributed by atoms with E-state index < -0.39 is 11.9 Å². The molecule has 1 heterocycles. The highest BCUT2D eigenvalue weighted by Crippen LogP contribution is 2.41. The summed E-state index contributed by atoms with van der Waals surface area (Å²) < 4.78 is 18.2. The third kappa shape index (κ3) is 7.37. The molecule has 46 heavy (non-hydrogen) atoms. The molecule has 13 heteroatoms. The predicted octanol–water partition coefficient (Wildman–Crippen LogP) is 10.1. The second-order valence-corrected chi connectivity index (χ2v) is 12.6. The van der Waals surface area contributed by atoms with E-state index >= 15 is 0 Å². The van der Waals surface area contributed by atoms with Gasteiger partial charge in [0.15, 0.2) is 17.2 Å². The van der Waals surface area contributed by atoms with Crippen LogP contribution >= 0.6 is 66.7 Å². The number of rotatable bonds is 10. The number of amides is 1. The third-order valence-corrected chi connectivity index (χ3v) is 8.46. The van der Waals surface area contributed by atoms with Gasteiger partial charge in [0.05, 0.1) is 34.5 Å². The summed E-state index contributed by atoms with van der Waals surface area (Å²) in [5.74, 6) is -0.0762. The zero-order chi connectivity index (χ0) is 33.0. The molecule has 8 nitrogen and oxygen atoms in total. The number of H-pyrrole nitrogens is 1. The van der Waals surface area contributed by atoms with Gasteiger partial charge in [-0.1, -0.05) is 68.9 Å². The van der Waals surface area contributed by atoms with Gasteiger partial charge < -0.3 is 19.2 Å². The average molecular weight is 809 g/mol. The summed E-state index contributed by atoms with van der Waals surface area (Å²) >= 11 is 26.3. The molecular weight excluding hydrogens is 785 g/mol. The van der Waals surface area contributed by atoms with Crippen LogP contribution in [0.3, 0.4) is 0 Å². The van der Waals surface area contributed by atoms with Gasteiger partial charge in [0.2, 0.25) is 0 Å². The van der Waals surface area contributed by atoms with Gasteiger partial charge >= 0.3 is 5.97 Å². The zero-order valence-electron chi connectivity index (χ0n) is 24.2. The number of carbonyl (C=O) groups is 2. The number of halogens is 5. The Labute approximate surface area is 296 Å². The Balaban J connectivity index is 1.45. The van der Waals surface area contributed by atoms with Crippen molar-refractivity contribution in [1.29, 1.82) is 0 Å². The number of fused-ring (bicyclic) bond motifs is 1. The lowest BCUT2D eigenvalue weighted by atomic mass is 10.0. The number of hydrogen-bond acceptors (Lipinski definition) is 6. The van der Waals surface area contributed by atoms with Crippen molar-refractivity contribution < 1.29 is 23.8 Å². The lowest BCUT2D eigenvalue weighted by molar-refractivity contribution is 0.0732. The van der Waals surface area contributed by atoms with E-state index in [1.807, 2.05) is 19.9 Å². The van der Waals surface area contributed by atoms with Crippen molar-refractivity contribution in [3.05, 3.63) is 108 Å². The van der Waals surface area contributed by atoms with Crippen LogP contribution in [0.4, 0.5) is 0 Å². The van der Waals surface area contributed by atoms with Crippen molar-refractivity contribution in [3.63, 3.8) is 0 Å². The molecule has 0 saturated heterocycles. The number of nitrogens with one attached hydrogen (secondary N) is 2. The molecule has 0 atom stereocenters. The molecule has 5 rings (SSSR count). The largest absolute Gasteiger partial charge is 0.490 e. The Morgan fingerprint density at radius 1 is 0.913 bits per heavy atom. The topological polar surface area (TPSA) is 102 Å². The summed E-state index contributed by atoms with van der Waals surface area (Å²) in [5, 5.41) is 5.93. The Bertz CT molecular complexity index is 2000. The Kier molecular flexibility index (Phi) is 11.0. The van der Waals surface area contributed by atoms with E-state index in [0.717, 1.165) is 0 Å². The maximum atomic E-state index is 13.5. The van der Waals surface area contributed by atoms with E-state index in [0.29, 0.717) is 76.3 Å². The number of benzene rings is 4. The van der Waals surface area contributed by atoms with E-state index in [9.17, 15) is 9.59 Å². The van der Waals surface area contributed by atoms with Gasteiger partial charge in [-0.25, -0.2) is 10.2 Å². The molecule has 0 spiro atoms. The maximum absolute atomic E-state index is 13.5. The molecule has 0 fully saturated rings. The molecule has 0 aliphatic carbocycles. The Morgan fingerprint density at radius 3 is 2.39 bits per heavy atom. The van der Waals surface area contributed by atoms with Crippen LogP contribution in [0.15, 0.2) is 80.8 Å². The van der Waals surface area contributed by atoms with Gasteiger partial charge in [0.25, 0.3) is 5.91 Å². The van der Waals surface area contributed by atoms with Gasteiger partial charge in [0.1, 0.15) is 5.69 Å². The molecule has 2 N–H and O–H groups in total. The summed E-state index contributed by atoms with van der Waals surface area (Å²) in [6, 6.07) is 18.6. The highest BCUT2D eigenvalue weighted by molar-refractivity contribution is 9.11. The summed E-state index contributed by atoms with van der Waals surface area (Å²) in [6.07, 6.45) is 1.36. The van der Waals surface area contributed by atoms with Crippen molar-refractivity contribution in [2.24, 2.45) is 5.10 Å². The molecule has 0 saturated carbocycles. The number of carbonyl (C=O) groups excluding carboxylic acids is 2. The number of nitrogens with zero attached hydrogens (tertiary/aromatic N) is 1. The summed E-state index contributed by atoms with van der Waals surface area (Å²) in [6.45, 7) is 4.53. The summed E-state index contributed by atoms with van der Waals surface area (Å²) in [4.78, 5) is 29.9. The zero-order valence-corrected chi connectivity index (χ0v) is 29.7. The fraction of sp³-hybridized carbons (Fsp3) is 0.121. The average Bonchev–Trinajstić information content (AvgIpc) is 3.39. The molecule has 236 valence electrons. The number of aromatic nitrogens is 1. The molecule has 0 unspecified atom stereocenters. The molecule has 0 aliphatic rings. The van der Waals surface area contributed by atoms with E-state index in [1.54, 1.807) is 60.7 Å². The molecule has 5 aromatic rings. The van der Waals surface area contributed by atoms with Crippen molar-refractivity contribution in [3.8, 4) is 28.4 Å². The number of aromatic amines is 1. The van der Waals surface area contributed by atoms with E-state index in [1.165, 1.54) is 6.21 Å². The number of hydrogen-bond donors (Lipinski definition) is 2. The van der Waals surface area contributed by atoms with Crippen LogP contribution in [0.5, 0.6) is 17.2 Å². The van der Waals surface area contributed by atoms with Crippen LogP contribution in [-0.4, -0.2) is 36.3 Å². The molecule has 0 bridgehead atoms. The smallest absolute Gasteiger partial charge is 0.343 e. The lowest BCUT2D eigenvalue weighted by Gasteiger charge is -2.13. The SMILES string of the molecule is CCOc1ccc(C(=O)Oc2c(Br)cc(Br)cc2C=NNC(=O)c2[nH]c3cc(Cl)cc(Cl)c3c2-c2ccccc2Cl)cc1OCC. The highest BCUT2D eigenvalue weighted by atomic mass is 79.9. The van der Waals surface area contributed by atoms with Crippen molar-refractivity contribution in [1.82, 2.24) is 10.4 Å². The highest BCUT2D eigenvalue weighted by Gasteiger charge is 2.23. The number of hydrazone groups is 1. The van der Waals surface area contributed by atoms with Gasteiger partial charge in [-0.3, -0.25) is 4.79 Å². The van der Waals surface area contributed by atoms with E-state index in [2.05, 4.69) is 47.4 Å². The molecule has 4 aromatic carbocycles. The Hall–Kier alpha value is -3.54. The number of ether oxygens (including phenoxy) is 3. The molecular formula is C33H24Br2Cl3N3O5. The standard InChI is InChI=1S/C33H24Br2Cl3N3O5/c1-3-44-26-10-9-17(12-27(26)45-4-2)33(43)46-31-18(11-19(34)13-22(31)35)16-39-41-32(42)30-28(21-7-5-6-8-23(21)37)29-24(38)14-20(36)15-25(29)40-30/h5-16,40H,3-4H2,1-2H3,(H,41,42).